The maximum atomic E-state index is 12.7. The van der Waals surface area contributed by atoms with Gasteiger partial charge in [-0.2, -0.15) is 0 Å². The van der Waals surface area contributed by atoms with Crippen molar-refractivity contribution in [1.29, 1.82) is 0 Å². The molecular weight excluding hydrogens is 251 g/mol. The Bertz CT molecular complexity index is 536. The quantitative estimate of drug-likeness (QED) is 0.922. The van der Waals surface area contributed by atoms with Crippen LogP contribution in [0.15, 0.2) is 30.5 Å². The molecule has 18 heavy (non-hydrogen) atoms. The molecular formula is C13H13FN2OS. The van der Waals surface area contributed by atoms with Crippen LogP contribution in [0.5, 0.6) is 0 Å². The SMILES string of the molecule is CCc1cnc(CNC(=O)c2ccc(F)cc2)s1. The summed E-state index contributed by atoms with van der Waals surface area (Å²) in [5, 5.41) is 3.64. The van der Waals surface area contributed by atoms with Gasteiger partial charge in [0.05, 0.1) is 6.54 Å². The molecule has 0 radical (unpaired) electrons. The highest BCUT2D eigenvalue weighted by molar-refractivity contribution is 7.11. The van der Waals surface area contributed by atoms with Crippen LogP contribution >= 0.6 is 11.3 Å². The van der Waals surface area contributed by atoms with E-state index in [4.69, 9.17) is 0 Å². The second-order valence-corrected chi connectivity index (χ2v) is 4.96. The summed E-state index contributed by atoms with van der Waals surface area (Å²) in [6.45, 7) is 2.47. The minimum Gasteiger partial charge on any atom is -0.346 e. The molecule has 0 saturated heterocycles. The van der Waals surface area contributed by atoms with Gasteiger partial charge in [-0.25, -0.2) is 9.37 Å². The van der Waals surface area contributed by atoms with E-state index in [1.54, 1.807) is 11.3 Å². The fourth-order valence-corrected chi connectivity index (χ4v) is 2.25. The van der Waals surface area contributed by atoms with Gasteiger partial charge in [-0.1, -0.05) is 6.92 Å². The molecule has 2 aromatic rings. The van der Waals surface area contributed by atoms with Gasteiger partial charge in [0.15, 0.2) is 0 Å². The first-order valence-electron chi connectivity index (χ1n) is 5.66. The number of nitrogens with zero attached hydrogens (tertiary/aromatic N) is 1. The Morgan fingerprint density at radius 2 is 2.11 bits per heavy atom. The van der Waals surface area contributed by atoms with E-state index in [1.165, 1.54) is 29.1 Å². The van der Waals surface area contributed by atoms with E-state index in [-0.39, 0.29) is 11.7 Å². The van der Waals surface area contributed by atoms with Crippen LogP contribution in [0, 0.1) is 5.82 Å². The zero-order valence-electron chi connectivity index (χ0n) is 9.94. The third-order valence-corrected chi connectivity index (χ3v) is 3.60. The number of hydrogen-bond acceptors (Lipinski definition) is 3. The van der Waals surface area contributed by atoms with Crippen LogP contribution in [0.4, 0.5) is 4.39 Å². The summed E-state index contributed by atoms with van der Waals surface area (Å²) in [4.78, 5) is 17.2. The fourth-order valence-electron chi connectivity index (χ4n) is 1.45. The van der Waals surface area contributed by atoms with Crippen molar-refractivity contribution in [1.82, 2.24) is 10.3 Å². The van der Waals surface area contributed by atoms with Gasteiger partial charge in [0.1, 0.15) is 10.8 Å². The molecule has 0 fully saturated rings. The zero-order valence-corrected chi connectivity index (χ0v) is 10.8. The Kier molecular flexibility index (Phi) is 4.04. The lowest BCUT2D eigenvalue weighted by molar-refractivity contribution is 0.0951. The molecule has 2 rings (SSSR count). The van der Waals surface area contributed by atoms with Gasteiger partial charge in [0.25, 0.3) is 5.91 Å². The van der Waals surface area contributed by atoms with E-state index in [2.05, 4.69) is 17.2 Å². The summed E-state index contributed by atoms with van der Waals surface area (Å²) in [7, 11) is 0. The predicted molar refractivity (Wildman–Crippen MR) is 69.1 cm³/mol. The summed E-state index contributed by atoms with van der Waals surface area (Å²) in [5.41, 5.74) is 0.448. The lowest BCUT2D eigenvalue weighted by atomic mass is 10.2. The van der Waals surface area contributed by atoms with Crippen molar-refractivity contribution in [3.05, 3.63) is 51.7 Å². The molecule has 1 aromatic heterocycles. The highest BCUT2D eigenvalue weighted by Crippen LogP contribution is 2.13. The molecule has 0 aliphatic rings. The fraction of sp³-hybridized carbons (Fsp3) is 0.231. The first-order chi connectivity index (χ1) is 8.69. The first-order valence-corrected chi connectivity index (χ1v) is 6.48. The Balaban J connectivity index is 1.93. The van der Waals surface area contributed by atoms with Crippen molar-refractivity contribution in [2.24, 2.45) is 0 Å². The van der Waals surface area contributed by atoms with Crippen LogP contribution in [0.2, 0.25) is 0 Å². The van der Waals surface area contributed by atoms with Gasteiger partial charge in [0, 0.05) is 16.6 Å². The number of thiazole rings is 1. The van der Waals surface area contributed by atoms with Gasteiger partial charge < -0.3 is 5.32 Å². The van der Waals surface area contributed by atoms with Gasteiger partial charge in [-0.15, -0.1) is 11.3 Å². The average Bonchev–Trinajstić information content (AvgIpc) is 2.85. The van der Waals surface area contributed by atoms with E-state index in [9.17, 15) is 9.18 Å². The van der Waals surface area contributed by atoms with E-state index in [0.29, 0.717) is 12.1 Å². The minimum absolute atomic E-state index is 0.219. The molecule has 0 saturated carbocycles. The number of halogens is 1. The van der Waals surface area contributed by atoms with Crippen molar-refractivity contribution >= 4 is 17.2 Å². The molecule has 1 N–H and O–H groups in total. The molecule has 0 unspecified atom stereocenters. The summed E-state index contributed by atoms with van der Waals surface area (Å²) in [5.74, 6) is -0.567. The monoisotopic (exact) mass is 264 g/mol. The van der Waals surface area contributed by atoms with E-state index >= 15 is 0 Å². The van der Waals surface area contributed by atoms with Crippen LogP contribution < -0.4 is 5.32 Å². The predicted octanol–water partition coefficient (Wildman–Crippen LogP) is 2.77. The van der Waals surface area contributed by atoms with Crippen LogP contribution in [0.3, 0.4) is 0 Å². The molecule has 0 aliphatic carbocycles. The molecule has 1 aromatic carbocycles. The molecule has 1 amide bonds. The lowest BCUT2D eigenvalue weighted by Crippen LogP contribution is -2.22. The third kappa shape index (κ3) is 3.13. The summed E-state index contributed by atoms with van der Waals surface area (Å²) in [6, 6.07) is 5.47. The van der Waals surface area contributed by atoms with Gasteiger partial charge in [-0.05, 0) is 30.7 Å². The summed E-state index contributed by atoms with van der Waals surface area (Å²) < 4.78 is 12.7. The van der Waals surface area contributed by atoms with Crippen molar-refractivity contribution in [3.63, 3.8) is 0 Å². The number of carbonyl (C=O) groups excluding carboxylic acids is 1. The summed E-state index contributed by atoms with van der Waals surface area (Å²) >= 11 is 1.59. The lowest BCUT2D eigenvalue weighted by Gasteiger charge is -2.02. The van der Waals surface area contributed by atoms with Gasteiger partial charge >= 0.3 is 0 Å². The number of hydrogen-bond donors (Lipinski definition) is 1. The van der Waals surface area contributed by atoms with Crippen LogP contribution in [-0.2, 0) is 13.0 Å². The molecule has 3 nitrogen and oxygen atoms in total. The Hall–Kier alpha value is -1.75. The van der Waals surface area contributed by atoms with Crippen LogP contribution in [0.1, 0.15) is 27.2 Å². The number of rotatable bonds is 4. The maximum Gasteiger partial charge on any atom is 0.251 e. The van der Waals surface area contributed by atoms with Crippen molar-refractivity contribution < 1.29 is 9.18 Å². The Morgan fingerprint density at radius 3 is 2.72 bits per heavy atom. The highest BCUT2D eigenvalue weighted by Gasteiger charge is 2.06. The van der Waals surface area contributed by atoms with E-state index in [0.717, 1.165) is 11.4 Å². The second-order valence-electron chi connectivity index (χ2n) is 3.76. The van der Waals surface area contributed by atoms with Crippen molar-refractivity contribution in [2.45, 2.75) is 19.9 Å². The van der Waals surface area contributed by atoms with E-state index in [1.807, 2.05) is 6.20 Å². The van der Waals surface area contributed by atoms with Gasteiger partial charge in [-0.3, -0.25) is 4.79 Å². The zero-order chi connectivity index (χ0) is 13.0. The summed E-state index contributed by atoms with van der Waals surface area (Å²) in [6.07, 6.45) is 2.77. The first kappa shape index (κ1) is 12.7. The van der Waals surface area contributed by atoms with E-state index < -0.39 is 0 Å². The molecule has 0 atom stereocenters. The van der Waals surface area contributed by atoms with Crippen molar-refractivity contribution in [2.75, 3.05) is 0 Å². The number of amides is 1. The van der Waals surface area contributed by atoms with Gasteiger partial charge in [0.2, 0.25) is 0 Å². The highest BCUT2D eigenvalue weighted by atomic mass is 32.1. The Labute approximate surface area is 109 Å². The molecule has 94 valence electrons. The number of nitrogens with one attached hydrogen (secondary N) is 1. The molecule has 5 heteroatoms. The molecule has 0 spiro atoms. The third-order valence-electron chi connectivity index (χ3n) is 2.46. The minimum atomic E-state index is -0.348. The maximum absolute atomic E-state index is 12.7. The largest absolute Gasteiger partial charge is 0.346 e. The molecule has 0 bridgehead atoms. The van der Waals surface area contributed by atoms with Crippen molar-refractivity contribution in [3.8, 4) is 0 Å². The normalized spacial score (nSPS) is 10.3. The molecule has 1 heterocycles. The number of benzene rings is 1. The number of aromatic nitrogens is 1. The smallest absolute Gasteiger partial charge is 0.251 e. The topological polar surface area (TPSA) is 42.0 Å². The van der Waals surface area contributed by atoms with Crippen LogP contribution in [0.25, 0.3) is 0 Å². The number of carbonyl (C=O) groups is 1. The molecule has 0 aliphatic heterocycles. The Morgan fingerprint density at radius 1 is 1.39 bits per heavy atom. The second kappa shape index (κ2) is 5.73. The standard InChI is InChI=1S/C13H13FN2OS/c1-2-11-7-15-12(18-11)8-16-13(17)9-3-5-10(14)6-4-9/h3-7H,2,8H2,1H3,(H,16,17). The van der Waals surface area contributed by atoms with Crippen LogP contribution in [-0.4, -0.2) is 10.9 Å². The number of aryl methyl sites for hydroxylation is 1. The average molecular weight is 264 g/mol.